The molecule has 0 radical (unpaired) electrons. The Bertz CT molecular complexity index is 397. The number of halogens is 1. The molecule has 86 valence electrons. The van der Waals surface area contributed by atoms with Gasteiger partial charge in [0.15, 0.2) is 0 Å². The van der Waals surface area contributed by atoms with E-state index in [9.17, 15) is 4.79 Å². The van der Waals surface area contributed by atoms with Crippen LogP contribution in [-0.2, 0) is 9.53 Å². The number of carbonyl (C=O) groups excluding carboxylic acids is 1. The molecule has 1 aliphatic heterocycles. The number of nitrogens with zero attached hydrogens (tertiary/aromatic N) is 1. The van der Waals surface area contributed by atoms with E-state index in [1.807, 2.05) is 6.92 Å². The van der Waals surface area contributed by atoms with Crippen LogP contribution < -0.4 is 5.32 Å². The van der Waals surface area contributed by atoms with Crippen molar-refractivity contribution >= 4 is 23.2 Å². The summed E-state index contributed by atoms with van der Waals surface area (Å²) in [6, 6.07) is 3.34. The summed E-state index contributed by atoms with van der Waals surface area (Å²) in [6.45, 7) is 2.46. The number of hydrogen-bond donors (Lipinski definition) is 1. The minimum atomic E-state index is -0.0676. The second kappa shape index (κ2) is 4.80. The lowest BCUT2D eigenvalue weighted by molar-refractivity contribution is -0.119. The van der Waals surface area contributed by atoms with Gasteiger partial charge in [-0.15, -0.1) is 0 Å². The van der Waals surface area contributed by atoms with Crippen molar-refractivity contribution in [3.63, 3.8) is 0 Å². The van der Waals surface area contributed by atoms with Crippen molar-refractivity contribution in [3.8, 4) is 0 Å². The average molecular weight is 241 g/mol. The van der Waals surface area contributed by atoms with Gasteiger partial charge in [-0.05, 0) is 25.5 Å². The third kappa shape index (κ3) is 2.71. The Morgan fingerprint density at radius 1 is 1.69 bits per heavy atom. The standard InChI is InChI=1S/C11H13ClN2O2/c1-7-4-8(6-16-7)11(15)14-9-2-3-13-10(12)5-9/h2-3,5,7-8H,4,6H2,1H3,(H,13,14,15). The SMILES string of the molecule is CC1CC(C(=O)Nc2ccnc(Cl)c2)CO1. The fourth-order valence-corrected chi connectivity index (χ4v) is 1.90. The summed E-state index contributed by atoms with van der Waals surface area (Å²) < 4.78 is 5.35. The first-order chi connectivity index (χ1) is 7.65. The maximum Gasteiger partial charge on any atom is 0.229 e. The lowest BCUT2D eigenvalue weighted by Crippen LogP contribution is -2.23. The molecule has 4 nitrogen and oxygen atoms in total. The van der Waals surface area contributed by atoms with E-state index in [0.29, 0.717) is 17.4 Å². The smallest absolute Gasteiger partial charge is 0.229 e. The average Bonchev–Trinajstić information content (AvgIpc) is 2.65. The minimum Gasteiger partial charge on any atom is -0.378 e. The van der Waals surface area contributed by atoms with Gasteiger partial charge in [0.25, 0.3) is 0 Å². The Labute approximate surface area is 99.0 Å². The highest BCUT2D eigenvalue weighted by Crippen LogP contribution is 2.21. The molecule has 1 aromatic heterocycles. The van der Waals surface area contributed by atoms with Crippen molar-refractivity contribution in [1.82, 2.24) is 4.98 Å². The molecule has 0 aliphatic carbocycles. The van der Waals surface area contributed by atoms with Gasteiger partial charge in [0.2, 0.25) is 5.91 Å². The van der Waals surface area contributed by atoms with Crippen LogP contribution >= 0.6 is 11.6 Å². The highest BCUT2D eigenvalue weighted by Gasteiger charge is 2.28. The lowest BCUT2D eigenvalue weighted by atomic mass is 10.1. The molecule has 1 amide bonds. The van der Waals surface area contributed by atoms with Crippen LogP contribution in [0.25, 0.3) is 0 Å². The molecule has 0 spiro atoms. The fraction of sp³-hybridized carbons (Fsp3) is 0.455. The van der Waals surface area contributed by atoms with Crippen LogP contribution in [0, 0.1) is 5.92 Å². The molecule has 2 heterocycles. The number of rotatable bonds is 2. The molecule has 1 aromatic rings. The summed E-state index contributed by atoms with van der Waals surface area (Å²) in [5.41, 5.74) is 0.671. The quantitative estimate of drug-likeness (QED) is 0.806. The third-order valence-corrected chi connectivity index (χ3v) is 2.77. The van der Waals surface area contributed by atoms with Crippen molar-refractivity contribution in [2.75, 3.05) is 11.9 Å². The van der Waals surface area contributed by atoms with Crippen molar-refractivity contribution in [3.05, 3.63) is 23.5 Å². The summed E-state index contributed by atoms with van der Waals surface area (Å²) in [4.78, 5) is 15.7. The Balaban J connectivity index is 1.97. The summed E-state index contributed by atoms with van der Waals surface area (Å²) in [5.74, 6) is -0.0893. The van der Waals surface area contributed by atoms with Crippen LogP contribution in [0.4, 0.5) is 5.69 Å². The summed E-state index contributed by atoms with van der Waals surface area (Å²) in [5, 5.41) is 3.17. The molecule has 0 bridgehead atoms. The molecule has 0 saturated carbocycles. The number of aromatic nitrogens is 1. The van der Waals surface area contributed by atoms with Crippen LogP contribution in [0.2, 0.25) is 5.15 Å². The molecular formula is C11H13ClN2O2. The van der Waals surface area contributed by atoms with Crippen LogP contribution in [0.15, 0.2) is 18.3 Å². The molecule has 0 aromatic carbocycles. The second-order valence-electron chi connectivity index (χ2n) is 3.93. The van der Waals surface area contributed by atoms with E-state index >= 15 is 0 Å². The first kappa shape index (κ1) is 11.4. The number of nitrogens with one attached hydrogen (secondary N) is 1. The summed E-state index contributed by atoms with van der Waals surface area (Å²) >= 11 is 5.72. The van der Waals surface area contributed by atoms with E-state index < -0.39 is 0 Å². The topological polar surface area (TPSA) is 51.2 Å². The number of ether oxygens (including phenoxy) is 1. The highest BCUT2D eigenvalue weighted by molar-refractivity contribution is 6.29. The molecule has 1 aliphatic rings. The summed E-state index contributed by atoms with van der Waals surface area (Å²) in [7, 11) is 0. The van der Waals surface area contributed by atoms with E-state index in [1.165, 1.54) is 0 Å². The molecule has 1 fully saturated rings. The number of carbonyl (C=O) groups is 1. The van der Waals surface area contributed by atoms with Gasteiger partial charge in [-0.3, -0.25) is 4.79 Å². The number of amides is 1. The molecule has 1 saturated heterocycles. The maximum absolute atomic E-state index is 11.8. The zero-order chi connectivity index (χ0) is 11.5. The van der Waals surface area contributed by atoms with Gasteiger partial charge in [0.05, 0.1) is 18.6 Å². The van der Waals surface area contributed by atoms with Crippen LogP contribution in [0.1, 0.15) is 13.3 Å². The van der Waals surface area contributed by atoms with Crippen LogP contribution in [0.5, 0.6) is 0 Å². The lowest BCUT2D eigenvalue weighted by Gasteiger charge is -2.09. The maximum atomic E-state index is 11.8. The van der Waals surface area contributed by atoms with Gasteiger partial charge in [0.1, 0.15) is 5.15 Å². The van der Waals surface area contributed by atoms with Crippen molar-refractivity contribution in [2.45, 2.75) is 19.4 Å². The van der Waals surface area contributed by atoms with Crippen LogP contribution in [0.3, 0.4) is 0 Å². The van der Waals surface area contributed by atoms with Crippen molar-refractivity contribution in [1.29, 1.82) is 0 Å². The summed E-state index contributed by atoms with van der Waals surface area (Å²) in [6.07, 6.45) is 2.49. The van der Waals surface area contributed by atoms with E-state index in [-0.39, 0.29) is 17.9 Å². The van der Waals surface area contributed by atoms with Gasteiger partial charge >= 0.3 is 0 Å². The molecule has 1 N–H and O–H groups in total. The monoisotopic (exact) mass is 240 g/mol. The molecule has 5 heteroatoms. The molecule has 2 unspecified atom stereocenters. The third-order valence-electron chi connectivity index (χ3n) is 2.56. The predicted octanol–water partition coefficient (Wildman–Crippen LogP) is 2.10. The van der Waals surface area contributed by atoms with E-state index in [2.05, 4.69) is 10.3 Å². The molecule has 2 atom stereocenters. The Hall–Kier alpha value is -1.13. The Kier molecular flexibility index (Phi) is 3.41. The zero-order valence-electron chi connectivity index (χ0n) is 8.94. The van der Waals surface area contributed by atoms with Gasteiger partial charge in [-0.1, -0.05) is 11.6 Å². The van der Waals surface area contributed by atoms with Gasteiger partial charge in [-0.2, -0.15) is 0 Å². The van der Waals surface area contributed by atoms with Gasteiger partial charge in [-0.25, -0.2) is 4.98 Å². The Morgan fingerprint density at radius 3 is 3.12 bits per heavy atom. The number of hydrogen-bond acceptors (Lipinski definition) is 3. The molecular weight excluding hydrogens is 228 g/mol. The zero-order valence-corrected chi connectivity index (χ0v) is 9.70. The first-order valence-electron chi connectivity index (χ1n) is 5.19. The van der Waals surface area contributed by atoms with E-state index in [4.69, 9.17) is 16.3 Å². The normalized spacial score (nSPS) is 24.4. The van der Waals surface area contributed by atoms with E-state index in [1.54, 1.807) is 18.3 Å². The van der Waals surface area contributed by atoms with Crippen LogP contribution in [-0.4, -0.2) is 23.6 Å². The minimum absolute atomic E-state index is 0.0217. The predicted molar refractivity (Wildman–Crippen MR) is 61.4 cm³/mol. The highest BCUT2D eigenvalue weighted by atomic mass is 35.5. The molecule has 2 rings (SSSR count). The number of anilines is 1. The van der Waals surface area contributed by atoms with E-state index in [0.717, 1.165) is 6.42 Å². The fourth-order valence-electron chi connectivity index (χ4n) is 1.72. The largest absolute Gasteiger partial charge is 0.378 e. The number of pyridine rings is 1. The first-order valence-corrected chi connectivity index (χ1v) is 5.57. The van der Waals surface area contributed by atoms with Crippen molar-refractivity contribution in [2.24, 2.45) is 5.92 Å². The molecule has 16 heavy (non-hydrogen) atoms. The second-order valence-corrected chi connectivity index (χ2v) is 4.32. The van der Waals surface area contributed by atoms with Crippen molar-refractivity contribution < 1.29 is 9.53 Å². The van der Waals surface area contributed by atoms with Gasteiger partial charge < -0.3 is 10.1 Å². The Morgan fingerprint density at radius 2 is 2.50 bits per heavy atom. The van der Waals surface area contributed by atoms with Gasteiger partial charge in [0, 0.05) is 11.9 Å².